The van der Waals surface area contributed by atoms with Crippen molar-refractivity contribution < 1.29 is 17.9 Å². The summed E-state index contributed by atoms with van der Waals surface area (Å²) in [5.41, 5.74) is 0.685. The van der Waals surface area contributed by atoms with Crippen LogP contribution in [0, 0.1) is 5.92 Å². The van der Waals surface area contributed by atoms with Gasteiger partial charge in [-0.15, -0.1) is 0 Å². The second-order valence-corrected chi connectivity index (χ2v) is 10.7. The molecule has 7 heteroatoms. The summed E-state index contributed by atoms with van der Waals surface area (Å²) in [6.45, 7) is 4.88. The molecule has 1 N–H and O–H groups in total. The summed E-state index contributed by atoms with van der Waals surface area (Å²) in [6.07, 6.45) is 3.78. The average molecular weight is 457 g/mol. The number of ether oxygens (including phenoxy) is 1. The molecule has 1 amide bonds. The third-order valence-electron chi connectivity index (χ3n) is 6.94. The number of para-hydroxylation sites is 1. The largest absolute Gasteiger partial charge is 0.487 e. The lowest BCUT2D eigenvalue weighted by molar-refractivity contribution is -0.127. The van der Waals surface area contributed by atoms with Crippen molar-refractivity contribution in [2.75, 3.05) is 13.1 Å². The first-order chi connectivity index (χ1) is 15.4. The predicted octanol–water partition coefficient (Wildman–Crippen LogP) is 4.29. The zero-order chi connectivity index (χ0) is 22.8. The fourth-order valence-corrected chi connectivity index (χ4v) is 6.38. The normalized spacial score (nSPS) is 23.1. The number of piperidine rings is 1. The van der Waals surface area contributed by atoms with Gasteiger partial charge in [-0.3, -0.25) is 4.79 Å². The molecule has 1 saturated heterocycles. The van der Waals surface area contributed by atoms with Crippen molar-refractivity contribution in [3.8, 4) is 5.75 Å². The molecule has 172 valence electrons. The molecule has 0 radical (unpaired) electrons. The molecule has 32 heavy (non-hydrogen) atoms. The first-order valence-electron chi connectivity index (χ1n) is 11.5. The lowest BCUT2D eigenvalue weighted by Crippen LogP contribution is -2.49. The van der Waals surface area contributed by atoms with Gasteiger partial charge in [-0.2, -0.15) is 4.31 Å². The fraction of sp³-hybridized carbons (Fsp3) is 0.480. The van der Waals surface area contributed by atoms with Crippen molar-refractivity contribution in [3.63, 3.8) is 0 Å². The summed E-state index contributed by atoms with van der Waals surface area (Å²) in [4.78, 5) is 13.6. The molecule has 1 fully saturated rings. The minimum absolute atomic E-state index is 0.0826. The highest BCUT2D eigenvalue weighted by atomic mass is 32.2. The Kier molecular flexibility index (Phi) is 6.58. The van der Waals surface area contributed by atoms with E-state index in [9.17, 15) is 13.2 Å². The molecule has 2 aromatic carbocycles. The molecule has 0 bridgehead atoms. The van der Waals surface area contributed by atoms with Crippen molar-refractivity contribution in [3.05, 3.63) is 60.2 Å². The van der Waals surface area contributed by atoms with Crippen LogP contribution in [0.15, 0.2) is 59.5 Å². The number of nitrogens with zero attached hydrogens (tertiary/aromatic N) is 1. The maximum Gasteiger partial charge on any atom is 0.243 e. The SMILES string of the molecule is CCC1(CC)CC(NC(=O)C2CCCN(S(=O)(=O)c3ccccc3)C2)c2ccccc2O1. The molecular weight excluding hydrogens is 424 g/mol. The summed E-state index contributed by atoms with van der Waals surface area (Å²) >= 11 is 0. The standard InChI is InChI=1S/C25H32N2O4S/c1-3-25(4-2)17-22(21-14-8-9-15-23(21)31-25)26-24(28)19-11-10-16-27(18-19)32(29,30)20-12-6-5-7-13-20/h5-9,12-15,19,22H,3-4,10-11,16-18H2,1-2H3,(H,26,28). The van der Waals surface area contributed by atoms with Crippen molar-refractivity contribution in [1.29, 1.82) is 0 Å². The van der Waals surface area contributed by atoms with Crippen molar-refractivity contribution in [1.82, 2.24) is 9.62 Å². The van der Waals surface area contributed by atoms with E-state index >= 15 is 0 Å². The highest BCUT2D eigenvalue weighted by Crippen LogP contribution is 2.42. The zero-order valence-corrected chi connectivity index (χ0v) is 19.6. The summed E-state index contributed by atoms with van der Waals surface area (Å²) in [7, 11) is -3.60. The first-order valence-corrected chi connectivity index (χ1v) is 13.0. The number of hydrogen-bond donors (Lipinski definition) is 1. The van der Waals surface area contributed by atoms with Crippen molar-refractivity contribution >= 4 is 15.9 Å². The van der Waals surface area contributed by atoms with Gasteiger partial charge < -0.3 is 10.1 Å². The maximum absolute atomic E-state index is 13.3. The molecule has 0 aromatic heterocycles. The monoisotopic (exact) mass is 456 g/mol. The van der Waals surface area contributed by atoms with Crippen LogP contribution >= 0.6 is 0 Å². The van der Waals surface area contributed by atoms with E-state index in [2.05, 4.69) is 19.2 Å². The van der Waals surface area contributed by atoms with E-state index in [1.165, 1.54) is 4.31 Å². The van der Waals surface area contributed by atoms with Gasteiger partial charge in [0.2, 0.25) is 15.9 Å². The van der Waals surface area contributed by atoms with Crippen LogP contribution in [0.25, 0.3) is 0 Å². The van der Waals surface area contributed by atoms with E-state index < -0.39 is 10.0 Å². The third-order valence-corrected chi connectivity index (χ3v) is 8.82. The number of nitrogens with one attached hydrogen (secondary N) is 1. The second-order valence-electron chi connectivity index (χ2n) is 8.81. The number of carbonyl (C=O) groups excluding carboxylic acids is 1. The molecule has 2 aliphatic heterocycles. The van der Waals surface area contributed by atoms with Gasteiger partial charge in [-0.05, 0) is 43.9 Å². The summed E-state index contributed by atoms with van der Waals surface area (Å²) < 4.78 is 33.9. The molecule has 0 aliphatic carbocycles. The Morgan fingerprint density at radius 2 is 1.78 bits per heavy atom. The molecule has 2 unspecified atom stereocenters. The Balaban J connectivity index is 1.51. The van der Waals surface area contributed by atoms with Crippen LogP contribution in [0.4, 0.5) is 0 Å². The third kappa shape index (κ3) is 4.41. The van der Waals surface area contributed by atoms with Gasteiger partial charge in [-0.25, -0.2) is 8.42 Å². The topological polar surface area (TPSA) is 75.7 Å². The average Bonchev–Trinajstić information content (AvgIpc) is 2.84. The van der Waals surface area contributed by atoms with Gasteiger partial charge in [0.05, 0.1) is 16.9 Å². The van der Waals surface area contributed by atoms with E-state index in [1.54, 1.807) is 30.3 Å². The summed E-state index contributed by atoms with van der Waals surface area (Å²) in [5.74, 6) is 0.375. The number of hydrogen-bond acceptors (Lipinski definition) is 4. The minimum atomic E-state index is -3.60. The number of rotatable bonds is 6. The first kappa shape index (κ1) is 22.8. The van der Waals surface area contributed by atoms with E-state index in [0.717, 1.165) is 24.2 Å². The molecule has 0 saturated carbocycles. The Labute approximate surface area is 191 Å². The van der Waals surface area contributed by atoms with Crippen LogP contribution in [0.1, 0.15) is 57.6 Å². The van der Waals surface area contributed by atoms with Gasteiger partial charge in [-0.1, -0.05) is 50.2 Å². The highest BCUT2D eigenvalue weighted by molar-refractivity contribution is 7.89. The van der Waals surface area contributed by atoms with Crippen LogP contribution in [-0.4, -0.2) is 37.3 Å². The Morgan fingerprint density at radius 1 is 1.09 bits per heavy atom. The number of benzene rings is 2. The van der Waals surface area contributed by atoms with Crippen LogP contribution in [0.3, 0.4) is 0 Å². The van der Waals surface area contributed by atoms with Crippen molar-refractivity contribution in [2.24, 2.45) is 5.92 Å². The predicted molar refractivity (Wildman–Crippen MR) is 124 cm³/mol. The second kappa shape index (κ2) is 9.24. The molecule has 6 nitrogen and oxygen atoms in total. The molecular formula is C25H32N2O4S. The fourth-order valence-electron chi connectivity index (χ4n) is 4.84. The Hall–Kier alpha value is -2.38. The quantitative estimate of drug-likeness (QED) is 0.704. The molecule has 4 rings (SSSR count). The van der Waals surface area contributed by atoms with Gasteiger partial charge in [0.15, 0.2) is 0 Å². The van der Waals surface area contributed by atoms with Crippen LogP contribution in [-0.2, 0) is 14.8 Å². The van der Waals surface area contributed by atoms with Gasteiger partial charge in [0.1, 0.15) is 11.4 Å². The summed E-state index contributed by atoms with van der Waals surface area (Å²) in [5, 5.41) is 3.24. The highest BCUT2D eigenvalue weighted by Gasteiger charge is 2.40. The molecule has 0 spiro atoms. The Morgan fingerprint density at radius 3 is 2.50 bits per heavy atom. The molecule has 2 aliphatic rings. The number of fused-ring (bicyclic) bond motifs is 1. The number of sulfonamides is 1. The molecule has 2 heterocycles. The van der Waals surface area contributed by atoms with E-state index in [-0.39, 0.29) is 34.9 Å². The van der Waals surface area contributed by atoms with Gasteiger partial charge in [0.25, 0.3) is 0 Å². The Bertz CT molecular complexity index is 1050. The van der Waals surface area contributed by atoms with Crippen LogP contribution < -0.4 is 10.1 Å². The smallest absolute Gasteiger partial charge is 0.243 e. The van der Waals surface area contributed by atoms with Crippen molar-refractivity contribution in [2.45, 2.75) is 62.5 Å². The van der Waals surface area contributed by atoms with E-state index in [4.69, 9.17) is 4.74 Å². The van der Waals surface area contributed by atoms with E-state index in [0.29, 0.717) is 25.8 Å². The lowest BCUT2D eigenvalue weighted by Gasteiger charge is -2.42. The lowest BCUT2D eigenvalue weighted by atomic mass is 9.83. The van der Waals surface area contributed by atoms with Gasteiger partial charge >= 0.3 is 0 Å². The summed E-state index contributed by atoms with van der Waals surface area (Å²) in [6, 6.07) is 16.2. The number of carbonyl (C=O) groups is 1. The van der Waals surface area contributed by atoms with Crippen LogP contribution in [0.2, 0.25) is 0 Å². The zero-order valence-electron chi connectivity index (χ0n) is 18.8. The maximum atomic E-state index is 13.3. The van der Waals surface area contributed by atoms with E-state index in [1.807, 2.05) is 24.3 Å². The van der Waals surface area contributed by atoms with Crippen LogP contribution in [0.5, 0.6) is 5.75 Å². The molecule has 2 aromatic rings. The van der Waals surface area contributed by atoms with Gasteiger partial charge in [0, 0.05) is 25.1 Å². The molecule has 2 atom stereocenters. The minimum Gasteiger partial charge on any atom is -0.487 e. The number of amides is 1.